The van der Waals surface area contributed by atoms with Crippen LogP contribution in [0.5, 0.6) is 17.2 Å². The molecular weight excluding hydrogens is 458 g/mol. The van der Waals surface area contributed by atoms with Gasteiger partial charge in [-0.15, -0.1) is 0 Å². The number of carbonyl (C=O) groups is 1. The van der Waals surface area contributed by atoms with Crippen LogP contribution >= 0.6 is 0 Å². The van der Waals surface area contributed by atoms with Gasteiger partial charge < -0.3 is 18.9 Å². The minimum absolute atomic E-state index is 0.0454. The number of benzene rings is 3. The lowest BCUT2D eigenvalue weighted by atomic mass is 10.1. The summed E-state index contributed by atoms with van der Waals surface area (Å²) >= 11 is 0. The zero-order valence-corrected chi connectivity index (χ0v) is 19.7. The number of ether oxygens (including phenoxy) is 4. The second kappa shape index (κ2) is 10.0. The summed E-state index contributed by atoms with van der Waals surface area (Å²) in [5.41, 5.74) is 2.70. The molecule has 9 heteroatoms. The Morgan fingerprint density at radius 3 is 2.41 bits per heavy atom. The van der Waals surface area contributed by atoms with Crippen molar-refractivity contribution < 1.29 is 32.2 Å². The van der Waals surface area contributed by atoms with E-state index in [1.807, 2.05) is 32.0 Å². The normalized spacial score (nSPS) is 12.6. The highest BCUT2D eigenvalue weighted by atomic mass is 32.2. The van der Waals surface area contributed by atoms with Crippen LogP contribution in [0.2, 0.25) is 0 Å². The van der Waals surface area contributed by atoms with Crippen molar-refractivity contribution in [1.82, 2.24) is 0 Å². The maximum Gasteiger partial charge on any atom is 0.338 e. The Morgan fingerprint density at radius 2 is 1.65 bits per heavy atom. The minimum Gasteiger partial charge on any atom is -0.490 e. The number of hydrogen-bond donors (Lipinski definition) is 1. The van der Waals surface area contributed by atoms with Gasteiger partial charge in [-0.25, -0.2) is 13.2 Å². The molecule has 1 aliphatic heterocycles. The molecule has 3 aromatic rings. The highest BCUT2D eigenvalue weighted by molar-refractivity contribution is 7.92. The van der Waals surface area contributed by atoms with E-state index in [0.29, 0.717) is 36.0 Å². The van der Waals surface area contributed by atoms with Gasteiger partial charge in [0.1, 0.15) is 32.2 Å². The van der Waals surface area contributed by atoms with Gasteiger partial charge in [0.05, 0.1) is 10.5 Å². The van der Waals surface area contributed by atoms with Crippen LogP contribution in [0, 0.1) is 13.8 Å². The molecule has 0 aromatic heterocycles. The summed E-state index contributed by atoms with van der Waals surface area (Å²) in [6, 6.07) is 16.3. The van der Waals surface area contributed by atoms with E-state index in [1.165, 1.54) is 36.4 Å². The maximum atomic E-state index is 12.7. The zero-order valence-electron chi connectivity index (χ0n) is 18.9. The fourth-order valence-corrected chi connectivity index (χ4v) is 4.39. The van der Waals surface area contributed by atoms with Crippen molar-refractivity contribution >= 4 is 21.7 Å². The predicted octanol–water partition coefficient (Wildman–Crippen LogP) is 4.11. The van der Waals surface area contributed by atoms with Gasteiger partial charge >= 0.3 is 5.97 Å². The number of hydrogen-bond acceptors (Lipinski definition) is 7. The average molecular weight is 484 g/mol. The number of carbonyl (C=O) groups excluding carboxylic acids is 1. The number of sulfonamides is 1. The lowest BCUT2D eigenvalue weighted by Crippen LogP contribution is -2.17. The van der Waals surface area contributed by atoms with Crippen molar-refractivity contribution in [3.63, 3.8) is 0 Å². The van der Waals surface area contributed by atoms with Gasteiger partial charge in [-0.05, 0) is 67.4 Å². The Kier molecular flexibility index (Phi) is 6.93. The summed E-state index contributed by atoms with van der Waals surface area (Å²) in [4.78, 5) is 12.3. The zero-order chi connectivity index (χ0) is 24.1. The van der Waals surface area contributed by atoms with Crippen molar-refractivity contribution in [3.05, 3.63) is 77.4 Å². The molecule has 0 atom stereocenters. The van der Waals surface area contributed by atoms with Gasteiger partial charge in [-0.3, -0.25) is 4.72 Å². The summed E-state index contributed by atoms with van der Waals surface area (Å²) in [7, 11) is -3.85. The molecule has 1 heterocycles. The van der Waals surface area contributed by atoms with E-state index in [2.05, 4.69) is 4.72 Å². The number of esters is 1. The van der Waals surface area contributed by atoms with Crippen molar-refractivity contribution in [2.75, 3.05) is 31.1 Å². The molecule has 1 N–H and O–H groups in total. The van der Waals surface area contributed by atoms with Crippen LogP contribution in [-0.4, -0.2) is 40.8 Å². The van der Waals surface area contributed by atoms with Gasteiger partial charge in [0, 0.05) is 11.8 Å². The highest BCUT2D eigenvalue weighted by Gasteiger charge is 2.20. The molecule has 3 aromatic carbocycles. The minimum atomic E-state index is -3.85. The first-order chi connectivity index (χ1) is 16.3. The molecule has 8 nitrogen and oxygen atoms in total. The third-order valence-electron chi connectivity index (χ3n) is 5.11. The van der Waals surface area contributed by atoms with E-state index < -0.39 is 16.0 Å². The Labute approximate surface area is 198 Å². The first kappa shape index (κ1) is 23.4. The van der Waals surface area contributed by atoms with E-state index in [0.717, 1.165) is 16.9 Å². The number of fused-ring (bicyclic) bond motifs is 1. The predicted molar refractivity (Wildman–Crippen MR) is 126 cm³/mol. The summed E-state index contributed by atoms with van der Waals surface area (Å²) in [6.45, 7) is 5.02. The van der Waals surface area contributed by atoms with Gasteiger partial charge in [-0.1, -0.05) is 12.1 Å². The fourth-order valence-electron chi connectivity index (χ4n) is 3.31. The SMILES string of the molecule is Cc1ccc(C)c(OCCOC(=O)c2ccc(NS(=O)(=O)c3ccc4c(c3)OCCO4)cc2)c1. The maximum absolute atomic E-state index is 12.7. The van der Waals surface area contributed by atoms with E-state index in [9.17, 15) is 13.2 Å². The molecule has 34 heavy (non-hydrogen) atoms. The molecular formula is C25H25NO7S. The van der Waals surface area contributed by atoms with Crippen LogP contribution in [-0.2, 0) is 14.8 Å². The first-order valence-corrected chi connectivity index (χ1v) is 12.2. The molecule has 178 valence electrons. The third kappa shape index (κ3) is 5.60. The van der Waals surface area contributed by atoms with Crippen molar-refractivity contribution in [1.29, 1.82) is 0 Å². The number of aryl methyl sites for hydroxylation is 2. The quantitative estimate of drug-likeness (QED) is 0.380. The van der Waals surface area contributed by atoms with Gasteiger partial charge in [0.25, 0.3) is 10.0 Å². The summed E-state index contributed by atoms with van der Waals surface area (Å²) in [5, 5.41) is 0. The second-order valence-corrected chi connectivity index (χ2v) is 9.42. The molecule has 0 radical (unpaired) electrons. The molecule has 0 amide bonds. The number of anilines is 1. The van der Waals surface area contributed by atoms with E-state index >= 15 is 0 Å². The highest BCUT2D eigenvalue weighted by Crippen LogP contribution is 2.32. The number of rotatable bonds is 8. The van der Waals surface area contributed by atoms with Crippen molar-refractivity contribution in [2.45, 2.75) is 18.7 Å². The van der Waals surface area contributed by atoms with Crippen molar-refractivity contribution in [3.8, 4) is 17.2 Å². The molecule has 0 fully saturated rings. The smallest absolute Gasteiger partial charge is 0.338 e. The lowest BCUT2D eigenvalue weighted by Gasteiger charge is -2.19. The Bertz CT molecular complexity index is 1290. The summed E-state index contributed by atoms with van der Waals surface area (Å²) < 4.78 is 49.8. The van der Waals surface area contributed by atoms with E-state index in [4.69, 9.17) is 18.9 Å². The second-order valence-electron chi connectivity index (χ2n) is 7.74. The van der Waals surface area contributed by atoms with Crippen LogP contribution in [0.15, 0.2) is 65.6 Å². The Hall–Kier alpha value is -3.72. The largest absolute Gasteiger partial charge is 0.490 e. The standard InChI is InChI=1S/C25H25NO7S/c1-17-3-4-18(2)23(15-17)31-13-14-33-25(27)19-5-7-20(8-6-19)26-34(28,29)21-9-10-22-24(16-21)32-12-11-30-22/h3-10,15-16,26H,11-14H2,1-2H3. The molecule has 0 bridgehead atoms. The molecule has 0 saturated carbocycles. The van der Waals surface area contributed by atoms with Gasteiger partial charge in [0.2, 0.25) is 0 Å². The van der Waals surface area contributed by atoms with E-state index in [1.54, 1.807) is 6.07 Å². The topological polar surface area (TPSA) is 100 Å². The van der Waals surface area contributed by atoms with Crippen LogP contribution in [0.1, 0.15) is 21.5 Å². The van der Waals surface area contributed by atoms with Crippen LogP contribution in [0.25, 0.3) is 0 Å². The number of nitrogens with one attached hydrogen (secondary N) is 1. The Morgan fingerprint density at radius 1 is 0.912 bits per heavy atom. The van der Waals surface area contributed by atoms with E-state index in [-0.39, 0.29) is 18.1 Å². The van der Waals surface area contributed by atoms with Crippen LogP contribution in [0.3, 0.4) is 0 Å². The monoisotopic (exact) mass is 483 g/mol. The Balaban J connectivity index is 1.31. The fraction of sp³-hybridized carbons (Fsp3) is 0.240. The third-order valence-corrected chi connectivity index (χ3v) is 6.49. The van der Waals surface area contributed by atoms with Crippen LogP contribution < -0.4 is 18.9 Å². The van der Waals surface area contributed by atoms with Crippen molar-refractivity contribution in [2.24, 2.45) is 0 Å². The summed E-state index contributed by atoms with van der Waals surface area (Å²) in [6.07, 6.45) is 0. The molecule has 0 saturated heterocycles. The molecule has 1 aliphatic rings. The first-order valence-electron chi connectivity index (χ1n) is 10.7. The van der Waals surface area contributed by atoms with Gasteiger partial charge in [0.15, 0.2) is 11.5 Å². The van der Waals surface area contributed by atoms with Gasteiger partial charge in [-0.2, -0.15) is 0 Å². The molecule has 0 aliphatic carbocycles. The molecule has 0 unspecified atom stereocenters. The molecule has 0 spiro atoms. The lowest BCUT2D eigenvalue weighted by molar-refractivity contribution is 0.0450. The average Bonchev–Trinajstić information content (AvgIpc) is 2.83. The summed E-state index contributed by atoms with van der Waals surface area (Å²) in [5.74, 6) is 1.12. The molecule has 4 rings (SSSR count). The van der Waals surface area contributed by atoms with Crippen LogP contribution in [0.4, 0.5) is 5.69 Å².